The number of aryl methyl sites for hydroxylation is 1. The number of pyridine rings is 1. The van der Waals surface area contributed by atoms with E-state index in [0.29, 0.717) is 43.6 Å². The zero-order valence-electron chi connectivity index (χ0n) is 16.1. The highest BCUT2D eigenvalue weighted by molar-refractivity contribution is 5.95. The van der Waals surface area contributed by atoms with Crippen LogP contribution in [0, 0.1) is 6.92 Å². The number of ether oxygens (including phenoxy) is 1. The van der Waals surface area contributed by atoms with E-state index in [2.05, 4.69) is 44.2 Å². The molecule has 0 bridgehead atoms. The van der Waals surface area contributed by atoms with Gasteiger partial charge in [-0.25, -0.2) is 9.97 Å². The van der Waals surface area contributed by atoms with Crippen LogP contribution in [0.1, 0.15) is 5.56 Å². The Morgan fingerprint density at radius 2 is 1.86 bits per heavy atom. The molecule has 1 aromatic carbocycles. The molecule has 8 heteroatoms. The van der Waals surface area contributed by atoms with Crippen molar-refractivity contribution in [3.63, 3.8) is 0 Å². The number of hydrogen-bond donors (Lipinski definition) is 3. The molecule has 1 aliphatic rings. The maximum absolute atomic E-state index is 5.96. The lowest BCUT2D eigenvalue weighted by Crippen LogP contribution is -2.37. The average Bonchev–Trinajstić information content (AvgIpc) is 2.74. The van der Waals surface area contributed by atoms with Crippen LogP contribution in [0.25, 0.3) is 10.9 Å². The summed E-state index contributed by atoms with van der Waals surface area (Å²) in [7, 11) is 0. The number of aromatic nitrogens is 3. The third-order valence-corrected chi connectivity index (χ3v) is 4.30. The second-order valence-electron chi connectivity index (χ2n) is 6.43. The first-order chi connectivity index (χ1) is 13.7. The molecule has 4 rings (SSSR count). The Bertz CT molecular complexity index is 882. The fraction of sp³-hybridized carbons (Fsp3) is 0.350. The van der Waals surface area contributed by atoms with E-state index in [0.717, 1.165) is 24.3 Å². The first-order valence-electron chi connectivity index (χ1n) is 9.39. The largest absolute Gasteiger partial charge is 0.382 e. The third-order valence-electron chi connectivity index (χ3n) is 4.30. The van der Waals surface area contributed by atoms with Crippen LogP contribution in [0.2, 0.25) is 0 Å². The molecule has 3 aromatic rings. The van der Waals surface area contributed by atoms with E-state index in [9.17, 15) is 0 Å². The highest BCUT2D eigenvalue weighted by Gasteiger charge is 2.17. The van der Waals surface area contributed by atoms with Crippen LogP contribution in [0.15, 0.2) is 42.6 Å². The molecule has 0 unspecified atom stereocenters. The maximum Gasteiger partial charge on any atom is 0.228 e. The number of hydrogen-bond acceptors (Lipinski definition) is 8. The predicted octanol–water partition coefficient (Wildman–Crippen LogP) is 1.81. The van der Waals surface area contributed by atoms with Gasteiger partial charge in [0, 0.05) is 37.8 Å². The number of rotatable bonds is 4. The van der Waals surface area contributed by atoms with E-state index in [1.807, 2.05) is 24.3 Å². The van der Waals surface area contributed by atoms with E-state index in [-0.39, 0.29) is 0 Å². The Balaban J connectivity index is 0.000000271. The summed E-state index contributed by atoms with van der Waals surface area (Å²) in [6, 6.07) is 12.1. The molecular weight excluding hydrogens is 354 g/mol. The van der Waals surface area contributed by atoms with Crippen LogP contribution in [0.4, 0.5) is 17.6 Å². The van der Waals surface area contributed by atoms with Crippen LogP contribution in [0.3, 0.4) is 0 Å². The lowest BCUT2D eigenvalue weighted by Gasteiger charge is -2.27. The van der Waals surface area contributed by atoms with Crippen molar-refractivity contribution in [2.45, 2.75) is 6.92 Å². The van der Waals surface area contributed by atoms with E-state index >= 15 is 0 Å². The molecule has 1 saturated heterocycles. The van der Waals surface area contributed by atoms with Gasteiger partial charge in [-0.05, 0) is 13.0 Å². The minimum atomic E-state index is 0.403. The van der Waals surface area contributed by atoms with Gasteiger partial charge in [-0.1, -0.05) is 35.9 Å². The topological polar surface area (TPSA) is 115 Å². The Morgan fingerprint density at radius 1 is 1.11 bits per heavy atom. The van der Waals surface area contributed by atoms with Crippen molar-refractivity contribution in [2.24, 2.45) is 5.73 Å². The molecule has 1 fully saturated rings. The zero-order valence-corrected chi connectivity index (χ0v) is 16.1. The van der Waals surface area contributed by atoms with Gasteiger partial charge < -0.3 is 26.4 Å². The molecule has 5 N–H and O–H groups in total. The van der Waals surface area contributed by atoms with E-state index in [1.165, 1.54) is 5.56 Å². The van der Waals surface area contributed by atoms with Crippen molar-refractivity contribution < 1.29 is 4.74 Å². The van der Waals surface area contributed by atoms with Gasteiger partial charge in [-0.2, -0.15) is 4.98 Å². The highest BCUT2D eigenvalue weighted by atomic mass is 16.5. The summed E-state index contributed by atoms with van der Waals surface area (Å²) >= 11 is 0. The second-order valence-corrected chi connectivity index (χ2v) is 6.43. The van der Waals surface area contributed by atoms with Gasteiger partial charge >= 0.3 is 0 Å². The smallest absolute Gasteiger partial charge is 0.228 e. The number of benzene rings is 1. The van der Waals surface area contributed by atoms with Gasteiger partial charge in [0.25, 0.3) is 0 Å². The number of fused-ring (bicyclic) bond motifs is 1. The molecule has 148 valence electrons. The minimum Gasteiger partial charge on any atom is -0.382 e. The summed E-state index contributed by atoms with van der Waals surface area (Å²) in [6.07, 6.45) is 1.66. The van der Waals surface area contributed by atoms with Gasteiger partial charge in [-0.15, -0.1) is 0 Å². The molecule has 0 amide bonds. The lowest BCUT2D eigenvalue weighted by atomic mass is 10.2. The van der Waals surface area contributed by atoms with Crippen molar-refractivity contribution >= 4 is 28.5 Å². The molecule has 2 aromatic heterocycles. The average molecular weight is 381 g/mol. The first-order valence-corrected chi connectivity index (χ1v) is 9.39. The van der Waals surface area contributed by atoms with Crippen molar-refractivity contribution in [3.8, 4) is 0 Å². The number of nitrogen functional groups attached to an aromatic ring is 1. The highest BCUT2D eigenvalue weighted by Crippen LogP contribution is 2.26. The molecule has 0 spiro atoms. The van der Waals surface area contributed by atoms with Crippen LogP contribution in [-0.4, -0.2) is 54.3 Å². The quantitative estimate of drug-likeness (QED) is 0.627. The van der Waals surface area contributed by atoms with Gasteiger partial charge in [0.2, 0.25) is 5.95 Å². The standard InChI is InChI=1S/C13H19N7O.C7H8/c14-2-4-17-12-9-1-3-16-11(15)10(9)18-13(19-12)20-5-7-21-8-6-20;1-7-5-3-2-4-6-7/h1,3H,2,4-8,14H2,(H2,15,16)(H,17,18,19);2-6H,1H3. The number of morpholine rings is 1. The van der Waals surface area contributed by atoms with Crippen molar-refractivity contribution in [2.75, 3.05) is 55.3 Å². The van der Waals surface area contributed by atoms with Crippen molar-refractivity contribution in [1.82, 2.24) is 15.0 Å². The maximum atomic E-state index is 5.96. The number of nitrogens with zero attached hydrogens (tertiary/aromatic N) is 4. The SMILES string of the molecule is Cc1ccccc1.NCCNc1nc(N2CCOCC2)nc2c(N)nccc12. The molecule has 28 heavy (non-hydrogen) atoms. The third kappa shape index (κ3) is 5.05. The molecule has 0 saturated carbocycles. The van der Waals surface area contributed by atoms with Gasteiger partial charge in [-0.3, -0.25) is 0 Å². The number of nitrogens with one attached hydrogen (secondary N) is 1. The monoisotopic (exact) mass is 381 g/mol. The zero-order chi connectivity index (χ0) is 19.8. The lowest BCUT2D eigenvalue weighted by molar-refractivity contribution is 0.122. The minimum absolute atomic E-state index is 0.403. The number of nitrogens with two attached hydrogens (primary N) is 2. The fourth-order valence-electron chi connectivity index (χ4n) is 2.83. The van der Waals surface area contributed by atoms with Crippen molar-refractivity contribution in [3.05, 3.63) is 48.2 Å². The Hall–Kier alpha value is -2.97. The van der Waals surface area contributed by atoms with Crippen LogP contribution in [-0.2, 0) is 4.74 Å². The summed E-state index contributed by atoms with van der Waals surface area (Å²) in [5, 5.41) is 4.08. The second kappa shape index (κ2) is 9.82. The van der Waals surface area contributed by atoms with Gasteiger partial charge in [0.15, 0.2) is 0 Å². The molecule has 3 heterocycles. The van der Waals surface area contributed by atoms with Crippen LogP contribution < -0.4 is 21.7 Å². The van der Waals surface area contributed by atoms with Gasteiger partial charge in [0.05, 0.1) is 13.2 Å². The molecular formula is C20H27N7O. The van der Waals surface area contributed by atoms with Crippen LogP contribution in [0.5, 0.6) is 0 Å². The number of anilines is 3. The Kier molecular flexibility index (Phi) is 6.94. The summed E-state index contributed by atoms with van der Waals surface area (Å²) < 4.78 is 5.36. The Labute approximate surface area is 164 Å². The van der Waals surface area contributed by atoms with Crippen LogP contribution >= 0.6 is 0 Å². The summed E-state index contributed by atoms with van der Waals surface area (Å²) in [6.45, 7) is 6.13. The normalized spacial score (nSPS) is 13.7. The van der Waals surface area contributed by atoms with E-state index in [1.54, 1.807) is 6.20 Å². The van der Waals surface area contributed by atoms with E-state index < -0.39 is 0 Å². The fourth-order valence-corrected chi connectivity index (χ4v) is 2.83. The molecule has 8 nitrogen and oxygen atoms in total. The molecule has 0 atom stereocenters. The van der Waals surface area contributed by atoms with Gasteiger partial charge in [0.1, 0.15) is 17.2 Å². The van der Waals surface area contributed by atoms with Crippen molar-refractivity contribution in [1.29, 1.82) is 0 Å². The molecule has 0 radical (unpaired) electrons. The summed E-state index contributed by atoms with van der Waals surface area (Å²) in [5.74, 6) is 1.78. The summed E-state index contributed by atoms with van der Waals surface area (Å²) in [4.78, 5) is 15.4. The first kappa shape index (κ1) is 19.8. The van der Waals surface area contributed by atoms with E-state index in [4.69, 9.17) is 16.2 Å². The molecule has 1 aliphatic heterocycles. The summed E-state index contributed by atoms with van der Waals surface area (Å²) in [5.41, 5.74) is 13.5. The molecule has 0 aliphatic carbocycles. The Morgan fingerprint density at radius 3 is 2.50 bits per heavy atom. The predicted molar refractivity (Wildman–Crippen MR) is 114 cm³/mol.